The molecule has 0 heterocycles. The molecule has 0 atom stereocenters. The molecule has 0 aliphatic heterocycles. The van der Waals surface area contributed by atoms with Crippen molar-refractivity contribution < 1.29 is 13.2 Å². The van der Waals surface area contributed by atoms with Gasteiger partial charge < -0.3 is 5.32 Å². The molecule has 3 aromatic carbocycles. The van der Waals surface area contributed by atoms with Crippen LogP contribution in [0.3, 0.4) is 0 Å². The Labute approximate surface area is 182 Å². The smallest absolute Gasteiger partial charge is 0.264 e. The van der Waals surface area contributed by atoms with Crippen LogP contribution >= 0.6 is 11.8 Å². The summed E-state index contributed by atoms with van der Waals surface area (Å²) in [5.41, 5.74) is 1.64. The van der Waals surface area contributed by atoms with Crippen molar-refractivity contribution in [1.29, 1.82) is 0 Å². The number of rotatable bonds is 8. The second-order valence-corrected chi connectivity index (χ2v) is 9.86. The van der Waals surface area contributed by atoms with Crippen LogP contribution in [0.4, 0.5) is 5.69 Å². The lowest BCUT2D eigenvalue weighted by molar-refractivity contribution is 0.0957. The standard InChI is InChI=1S/C23H24N2O3S2/c1-18-12-14-20(15-13-18)30(27,28)25(2)22-11-7-6-10-21(22)23(26)24-16-17-29-19-8-4-3-5-9-19/h3-15H,16-17H2,1-2H3,(H,24,26). The van der Waals surface area contributed by atoms with Crippen molar-refractivity contribution in [3.63, 3.8) is 0 Å². The minimum atomic E-state index is -3.78. The number of carbonyl (C=O) groups excluding carboxylic acids is 1. The molecule has 7 heteroatoms. The van der Waals surface area contributed by atoms with E-state index in [0.29, 0.717) is 17.8 Å². The van der Waals surface area contributed by atoms with E-state index < -0.39 is 10.0 Å². The van der Waals surface area contributed by atoms with Crippen molar-refractivity contribution in [2.24, 2.45) is 0 Å². The molecule has 0 spiro atoms. The number of amides is 1. The summed E-state index contributed by atoms with van der Waals surface area (Å²) < 4.78 is 27.2. The van der Waals surface area contributed by atoms with Crippen LogP contribution in [0.25, 0.3) is 0 Å². The zero-order chi connectivity index (χ0) is 21.6. The van der Waals surface area contributed by atoms with Gasteiger partial charge in [-0.1, -0.05) is 48.0 Å². The molecule has 30 heavy (non-hydrogen) atoms. The molecule has 3 aromatic rings. The number of hydrogen-bond donors (Lipinski definition) is 1. The Hall–Kier alpha value is -2.77. The zero-order valence-electron chi connectivity index (χ0n) is 16.9. The highest BCUT2D eigenvalue weighted by Gasteiger charge is 2.24. The molecule has 1 amide bonds. The van der Waals surface area contributed by atoms with E-state index in [1.54, 1.807) is 60.3 Å². The van der Waals surface area contributed by atoms with Crippen molar-refractivity contribution in [3.05, 3.63) is 90.0 Å². The van der Waals surface area contributed by atoms with Gasteiger partial charge in [-0.25, -0.2) is 8.42 Å². The highest BCUT2D eigenvalue weighted by molar-refractivity contribution is 7.99. The number of nitrogens with one attached hydrogen (secondary N) is 1. The van der Waals surface area contributed by atoms with Crippen LogP contribution < -0.4 is 9.62 Å². The monoisotopic (exact) mass is 440 g/mol. The summed E-state index contributed by atoms with van der Waals surface area (Å²) in [4.78, 5) is 14.1. The molecule has 0 saturated heterocycles. The molecule has 0 radical (unpaired) electrons. The number of anilines is 1. The Morgan fingerprint density at radius 1 is 0.933 bits per heavy atom. The second kappa shape index (κ2) is 9.82. The molecule has 0 fully saturated rings. The van der Waals surface area contributed by atoms with Crippen LogP contribution in [-0.2, 0) is 10.0 Å². The molecule has 0 unspecified atom stereocenters. The van der Waals surface area contributed by atoms with E-state index in [1.807, 2.05) is 37.3 Å². The third kappa shape index (κ3) is 5.23. The number of para-hydroxylation sites is 1. The van der Waals surface area contributed by atoms with Crippen molar-refractivity contribution in [1.82, 2.24) is 5.32 Å². The molecule has 0 aromatic heterocycles. The maximum atomic E-state index is 13.0. The summed E-state index contributed by atoms with van der Waals surface area (Å²) in [6.07, 6.45) is 0. The molecule has 0 bridgehead atoms. The first-order valence-electron chi connectivity index (χ1n) is 9.50. The molecule has 3 rings (SSSR count). The lowest BCUT2D eigenvalue weighted by Gasteiger charge is -2.22. The fourth-order valence-electron chi connectivity index (χ4n) is 2.88. The lowest BCUT2D eigenvalue weighted by atomic mass is 10.1. The summed E-state index contributed by atoms with van der Waals surface area (Å²) in [6.45, 7) is 2.37. The molecule has 5 nitrogen and oxygen atoms in total. The molecule has 0 saturated carbocycles. The number of aryl methyl sites for hydroxylation is 1. The Balaban J connectivity index is 1.71. The summed E-state index contributed by atoms with van der Waals surface area (Å²) in [6, 6.07) is 23.3. The molecular formula is C23H24N2O3S2. The van der Waals surface area contributed by atoms with Gasteiger partial charge in [0.25, 0.3) is 15.9 Å². The summed E-state index contributed by atoms with van der Waals surface area (Å²) >= 11 is 1.65. The highest BCUT2D eigenvalue weighted by Crippen LogP contribution is 2.26. The molecule has 156 valence electrons. The van der Waals surface area contributed by atoms with Gasteiger partial charge in [0.15, 0.2) is 0 Å². The maximum Gasteiger partial charge on any atom is 0.264 e. The third-order valence-corrected chi connectivity index (χ3v) is 7.37. The fraction of sp³-hybridized carbons (Fsp3) is 0.174. The minimum Gasteiger partial charge on any atom is -0.351 e. The van der Waals surface area contributed by atoms with E-state index >= 15 is 0 Å². The van der Waals surface area contributed by atoms with Crippen molar-refractivity contribution in [2.45, 2.75) is 16.7 Å². The maximum absolute atomic E-state index is 13.0. The van der Waals surface area contributed by atoms with E-state index in [4.69, 9.17) is 0 Å². The van der Waals surface area contributed by atoms with Gasteiger partial charge in [-0.2, -0.15) is 0 Å². The molecular weight excluding hydrogens is 416 g/mol. The Kier molecular flexibility index (Phi) is 7.18. The molecule has 0 aliphatic carbocycles. The predicted molar refractivity (Wildman–Crippen MR) is 123 cm³/mol. The van der Waals surface area contributed by atoms with Gasteiger partial charge in [0.05, 0.1) is 16.1 Å². The zero-order valence-corrected chi connectivity index (χ0v) is 18.5. The lowest BCUT2D eigenvalue weighted by Crippen LogP contribution is -2.31. The van der Waals surface area contributed by atoms with Crippen LogP contribution in [0.15, 0.2) is 88.7 Å². The largest absolute Gasteiger partial charge is 0.351 e. The van der Waals surface area contributed by atoms with Gasteiger partial charge in [-0.15, -0.1) is 11.8 Å². The quantitative estimate of drug-likeness (QED) is 0.418. The summed E-state index contributed by atoms with van der Waals surface area (Å²) in [5, 5.41) is 2.88. The average Bonchev–Trinajstić information content (AvgIpc) is 2.77. The number of benzene rings is 3. The summed E-state index contributed by atoms with van der Waals surface area (Å²) in [7, 11) is -2.31. The normalized spacial score (nSPS) is 11.1. The fourth-order valence-corrected chi connectivity index (χ4v) is 4.89. The van der Waals surface area contributed by atoms with Crippen molar-refractivity contribution in [3.8, 4) is 0 Å². The van der Waals surface area contributed by atoms with E-state index in [0.717, 1.165) is 20.5 Å². The SMILES string of the molecule is Cc1ccc(S(=O)(=O)N(C)c2ccccc2C(=O)NCCSc2ccccc2)cc1. The number of sulfonamides is 1. The first kappa shape index (κ1) is 21.9. The van der Waals surface area contributed by atoms with Gasteiger partial charge >= 0.3 is 0 Å². The predicted octanol–water partition coefficient (Wildman–Crippen LogP) is 4.34. The first-order valence-corrected chi connectivity index (χ1v) is 11.9. The number of thioether (sulfide) groups is 1. The Morgan fingerprint density at radius 2 is 1.57 bits per heavy atom. The Bertz CT molecular complexity index is 1100. The number of nitrogens with zero attached hydrogens (tertiary/aromatic N) is 1. The summed E-state index contributed by atoms with van der Waals surface area (Å²) in [5.74, 6) is 0.417. The topological polar surface area (TPSA) is 66.5 Å². The van der Waals surface area contributed by atoms with Crippen LogP contribution in [-0.4, -0.2) is 33.7 Å². The van der Waals surface area contributed by atoms with Crippen LogP contribution in [0.5, 0.6) is 0 Å². The van der Waals surface area contributed by atoms with Gasteiger partial charge in [0.2, 0.25) is 0 Å². The average molecular weight is 441 g/mol. The first-order chi connectivity index (χ1) is 14.4. The minimum absolute atomic E-state index is 0.185. The third-order valence-electron chi connectivity index (χ3n) is 4.57. The molecule has 0 aliphatic rings. The van der Waals surface area contributed by atoms with Crippen LogP contribution in [0.2, 0.25) is 0 Å². The second-order valence-electron chi connectivity index (χ2n) is 6.72. The van der Waals surface area contributed by atoms with Crippen LogP contribution in [0, 0.1) is 6.92 Å². The van der Waals surface area contributed by atoms with E-state index in [-0.39, 0.29) is 10.8 Å². The van der Waals surface area contributed by atoms with E-state index in [9.17, 15) is 13.2 Å². The van der Waals surface area contributed by atoms with E-state index in [1.165, 1.54) is 7.05 Å². The van der Waals surface area contributed by atoms with Gasteiger partial charge in [-0.3, -0.25) is 9.10 Å². The highest BCUT2D eigenvalue weighted by atomic mass is 32.2. The Morgan fingerprint density at radius 3 is 2.27 bits per heavy atom. The van der Waals surface area contributed by atoms with Gasteiger partial charge in [0, 0.05) is 24.2 Å². The number of carbonyl (C=O) groups is 1. The van der Waals surface area contributed by atoms with Gasteiger partial charge in [-0.05, 0) is 43.3 Å². The molecule has 1 N–H and O–H groups in total. The van der Waals surface area contributed by atoms with Crippen LogP contribution in [0.1, 0.15) is 15.9 Å². The van der Waals surface area contributed by atoms with Crippen molar-refractivity contribution >= 4 is 33.4 Å². The van der Waals surface area contributed by atoms with E-state index in [2.05, 4.69) is 5.32 Å². The number of hydrogen-bond acceptors (Lipinski definition) is 4. The van der Waals surface area contributed by atoms with Gasteiger partial charge in [0.1, 0.15) is 0 Å². The van der Waals surface area contributed by atoms with Crippen molar-refractivity contribution in [2.75, 3.05) is 23.7 Å².